The van der Waals surface area contributed by atoms with Gasteiger partial charge in [0.05, 0.1) is 17.2 Å². The number of amides is 4. The summed E-state index contributed by atoms with van der Waals surface area (Å²) < 4.78 is 5.27. The summed E-state index contributed by atoms with van der Waals surface area (Å²) in [6.07, 6.45) is 5.62. The summed E-state index contributed by atoms with van der Waals surface area (Å²) in [5.41, 5.74) is 1.62. The maximum absolute atomic E-state index is 12.8. The van der Waals surface area contributed by atoms with Gasteiger partial charge in [0.15, 0.2) is 0 Å². The van der Waals surface area contributed by atoms with Gasteiger partial charge < -0.3 is 4.74 Å². The Hall–Kier alpha value is -4.59. The van der Waals surface area contributed by atoms with Gasteiger partial charge in [0.25, 0.3) is 17.7 Å². The first-order valence-corrected chi connectivity index (χ1v) is 11.6. The Balaban J connectivity index is 0.000000325. The van der Waals surface area contributed by atoms with Crippen LogP contribution in [0.1, 0.15) is 46.0 Å². The molecule has 2 aliphatic rings. The number of carbonyl (C=O) groups excluding carboxylic acids is 4. The number of fused-ring (bicyclic) bond motifs is 1. The fourth-order valence-electron chi connectivity index (χ4n) is 4.22. The lowest BCUT2D eigenvalue weighted by atomic mass is 9.90. The lowest BCUT2D eigenvalue weighted by molar-refractivity contribution is -0.151. The lowest BCUT2D eigenvalue weighted by Gasteiger charge is -2.47. The number of ether oxygens (including phenoxy) is 1. The molecule has 36 heavy (non-hydrogen) atoms. The number of nitrogens with zero attached hydrogens (tertiary/aromatic N) is 3. The molecule has 8 nitrogen and oxygen atoms in total. The number of rotatable bonds is 5. The van der Waals surface area contributed by atoms with Gasteiger partial charge in [0, 0.05) is 12.4 Å². The first-order chi connectivity index (χ1) is 17.5. The van der Waals surface area contributed by atoms with E-state index in [2.05, 4.69) is 11.6 Å². The standard InChI is InChI=1S/C21H18N2O5.C7H7N/c1-2-8-16-17(23-18(24)14-11-6-7-12-15(14)19(23)25)20(26)22(16)21(27)28-13-9-4-3-5-10-13;1-2-7-4-3-5-8-6-7/h3-7,9-12,16-17H,2,8H2,1H3;2-6H,1H2/t16?,17-;/m1./s1. The van der Waals surface area contributed by atoms with E-state index in [9.17, 15) is 19.2 Å². The van der Waals surface area contributed by atoms with Crippen molar-refractivity contribution in [3.63, 3.8) is 0 Å². The van der Waals surface area contributed by atoms with Gasteiger partial charge in [-0.15, -0.1) is 0 Å². The molecule has 3 aromatic rings. The highest BCUT2D eigenvalue weighted by Gasteiger charge is 2.58. The third-order valence-corrected chi connectivity index (χ3v) is 5.94. The molecule has 4 amide bonds. The minimum atomic E-state index is -0.990. The molecule has 1 aromatic heterocycles. The van der Waals surface area contributed by atoms with E-state index in [4.69, 9.17) is 4.74 Å². The molecular weight excluding hydrogens is 458 g/mol. The van der Waals surface area contributed by atoms with Gasteiger partial charge in [-0.3, -0.25) is 24.3 Å². The number of imide groups is 2. The summed E-state index contributed by atoms with van der Waals surface area (Å²) >= 11 is 0. The van der Waals surface area contributed by atoms with Gasteiger partial charge in [0.2, 0.25) is 0 Å². The Morgan fingerprint density at radius 2 is 1.61 bits per heavy atom. The van der Waals surface area contributed by atoms with E-state index in [1.165, 1.54) is 0 Å². The van der Waals surface area contributed by atoms with Crippen molar-refractivity contribution in [1.29, 1.82) is 0 Å². The SMILES string of the molecule is C=Cc1cccnc1.CCCC1[C@@H](N2C(=O)c3ccccc3C2=O)C(=O)N1C(=O)Oc1ccccc1. The van der Waals surface area contributed by atoms with Crippen molar-refractivity contribution in [2.24, 2.45) is 0 Å². The third-order valence-electron chi connectivity index (χ3n) is 5.94. The Bertz CT molecular complexity index is 1260. The van der Waals surface area contributed by atoms with Crippen LogP contribution in [-0.4, -0.2) is 50.7 Å². The highest BCUT2D eigenvalue weighted by molar-refractivity contribution is 6.24. The average Bonchev–Trinajstić information content (AvgIpc) is 3.15. The van der Waals surface area contributed by atoms with Crippen LogP contribution in [0.15, 0.2) is 85.7 Å². The Morgan fingerprint density at radius 3 is 2.14 bits per heavy atom. The molecule has 3 heterocycles. The molecule has 2 aliphatic heterocycles. The molecule has 1 saturated heterocycles. The smallest absolute Gasteiger partial charge is 0.410 e. The summed E-state index contributed by atoms with van der Waals surface area (Å²) in [6.45, 7) is 5.50. The zero-order valence-corrected chi connectivity index (χ0v) is 19.7. The number of para-hydroxylation sites is 1. The second-order valence-corrected chi connectivity index (χ2v) is 8.21. The number of pyridine rings is 1. The molecule has 2 atom stereocenters. The number of aromatic nitrogens is 1. The van der Waals surface area contributed by atoms with Crippen LogP contribution in [0.4, 0.5) is 4.79 Å². The summed E-state index contributed by atoms with van der Waals surface area (Å²) in [5, 5.41) is 0. The van der Waals surface area contributed by atoms with E-state index in [1.54, 1.807) is 73.1 Å². The lowest BCUT2D eigenvalue weighted by Crippen LogP contribution is -2.73. The number of benzene rings is 2. The predicted octanol–water partition coefficient (Wildman–Crippen LogP) is 4.59. The van der Waals surface area contributed by atoms with Crippen molar-refractivity contribution in [3.05, 3.63) is 102 Å². The minimum Gasteiger partial charge on any atom is -0.410 e. The normalized spacial score (nSPS) is 18.1. The van der Waals surface area contributed by atoms with Crippen LogP contribution in [0, 0.1) is 0 Å². The van der Waals surface area contributed by atoms with E-state index in [0.717, 1.165) is 15.4 Å². The maximum atomic E-state index is 12.8. The van der Waals surface area contributed by atoms with E-state index in [1.807, 2.05) is 19.1 Å². The van der Waals surface area contributed by atoms with Crippen molar-refractivity contribution < 1.29 is 23.9 Å². The van der Waals surface area contributed by atoms with Crippen LogP contribution in [0.25, 0.3) is 6.08 Å². The van der Waals surface area contributed by atoms with E-state index < -0.39 is 35.9 Å². The van der Waals surface area contributed by atoms with Crippen LogP contribution in [0.3, 0.4) is 0 Å². The van der Waals surface area contributed by atoms with Gasteiger partial charge in [-0.25, -0.2) is 9.69 Å². The van der Waals surface area contributed by atoms with Crippen LogP contribution >= 0.6 is 0 Å². The zero-order chi connectivity index (χ0) is 25.7. The predicted molar refractivity (Wildman–Crippen MR) is 133 cm³/mol. The van der Waals surface area contributed by atoms with Crippen molar-refractivity contribution in [2.45, 2.75) is 31.8 Å². The summed E-state index contributed by atoms with van der Waals surface area (Å²) in [5.74, 6) is -1.29. The zero-order valence-electron chi connectivity index (χ0n) is 19.7. The van der Waals surface area contributed by atoms with Crippen molar-refractivity contribution >= 4 is 29.9 Å². The summed E-state index contributed by atoms with van der Waals surface area (Å²) in [4.78, 5) is 56.6. The number of hydrogen-bond acceptors (Lipinski definition) is 6. The largest absolute Gasteiger partial charge is 0.422 e. The fraction of sp³-hybridized carbons (Fsp3) is 0.179. The topological polar surface area (TPSA) is 96.9 Å². The fourth-order valence-corrected chi connectivity index (χ4v) is 4.22. The van der Waals surface area contributed by atoms with E-state index in [-0.39, 0.29) is 11.1 Å². The maximum Gasteiger partial charge on any atom is 0.422 e. The quantitative estimate of drug-likeness (QED) is 0.389. The molecule has 0 radical (unpaired) electrons. The number of β-lactam (4-membered cyclic amide) rings is 1. The highest BCUT2D eigenvalue weighted by Crippen LogP contribution is 2.35. The molecule has 182 valence electrons. The van der Waals surface area contributed by atoms with Crippen molar-refractivity contribution in [1.82, 2.24) is 14.8 Å². The second-order valence-electron chi connectivity index (χ2n) is 8.21. The summed E-state index contributed by atoms with van der Waals surface area (Å²) in [7, 11) is 0. The van der Waals surface area contributed by atoms with Gasteiger partial charge in [0.1, 0.15) is 11.8 Å². The van der Waals surface area contributed by atoms with Crippen LogP contribution in [0.2, 0.25) is 0 Å². The first kappa shape index (κ1) is 24.5. The highest BCUT2D eigenvalue weighted by atomic mass is 16.6. The molecule has 1 fully saturated rings. The second kappa shape index (κ2) is 10.8. The molecule has 8 heteroatoms. The van der Waals surface area contributed by atoms with Gasteiger partial charge in [-0.1, -0.05) is 62.4 Å². The number of likely N-dealkylation sites (tertiary alicyclic amines) is 1. The van der Waals surface area contributed by atoms with E-state index in [0.29, 0.717) is 18.6 Å². The van der Waals surface area contributed by atoms with Crippen LogP contribution in [0.5, 0.6) is 5.75 Å². The molecule has 2 aromatic carbocycles. The molecular formula is C28H25N3O5. The van der Waals surface area contributed by atoms with Gasteiger partial charge in [-0.05, 0) is 42.3 Å². The number of carbonyl (C=O) groups is 4. The molecule has 0 spiro atoms. The van der Waals surface area contributed by atoms with Crippen LogP contribution in [-0.2, 0) is 4.79 Å². The molecule has 0 bridgehead atoms. The van der Waals surface area contributed by atoms with Gasteiger partial charge in [-0.2, -0.15) is 0 Å². The van der Waals surface area contributed by atoms with Gasteiger partial charge >= 0.3 is 6.09 Å². The molecule has 1 unspecified atom stereocenters. The molecule has 0 saturated carbocycles. The monoisotopic (exact) mass is 483 g/mol. The first-order valence-electron chi connectivity index (χ1n) is 11.6. The van der Waals surface area contributed by atoms with Crippen molar-refractivity contribution in [2.75, 3.05) is 0 Å². The van der Waals surface area contributed by atoms with Crippen LogP contribution < -0.4 is 4.74 Å². The Labute approximate surface area is 208 Å². The molecule has 0 N–H and O–H groups in total. The summed E-state index contributed by atoms with van der Waals surface area (Å²) in [6, 6.07) is 17.2. The minimum absolute atomic E-state index is 0.279. The van der Waals surface area contributed by atoms with Crippen molar-refractivity contribution in [3.8, 4) is 5.75 Å². The molecule has 5 rings (SSSR count). The molecule has 0 aliphatic carbocycles. The Morgan fingerprint density at radius 1 is 0.972 bits per heavy atom. The Kier molecular flexibility index (Phi) is 7.34. The number of hydrogen-bond donors (Lipinski definition) is 0. The van der Waals surface area contributed by atoms with E-state index >= 15 is 0 Å². The average molecular weight is 484 g/mol. The third kappa shape index (κ3) is 4.65.